The number of fused-ring (bicyclic) bond motifs is 1. The van der Waals surface area contributed by atoms with E-state index in [4.69, 9.17) is 9.47 Å². The number of thiophene rings is 1. The van der Waals surface area contributed by atoms with Gasteiger partial charge in [-0.25, -0.2) is 0 Å². The van der Waals surface area contributed by atoms with Crippen molar-refractivity contribution < 1.29 is 85.1 Å². The maximum atomic E-state index is 12.8. The Bertz CT molecular complexity index is 858. The van der Waals surface area contributed by atoms with Gasteiger partial charge in [-0.15, -0.1) is 23.1 Å². The normalized spacial score (nSPS) is 22.9. The van der Waals surface area contributed by atoms with Crippen molar-refractivity contribution in [2.24, 2.45) is 0 Å². The van der Waals surface area contributed by atoms with Gasteiger partial charge in [0.05, 0.1) is 18.1 Å². The first-order chi connectivity index (χ1) is 13.3. The number of amides is 2. The van der Waals surface area contributed by atoms with Crippen LogP contribution in [0, 0.1) is 0 Å². The predicted octanol–water partition coefficient (Wildman–Crippen LogP) is -3.76. The van der Waals surface area contributed by atoms with E-state index in [1.807, 2.05) is 11.4 Å². The molecule has 1 N–H and O–H groups in total. The number of nitrogens with one attached hydrogen (secondary N) is 1. The van der Waals surface area contributed by atoms with Crippen LogP contribution >= 0.6 is 23.1 Å². The fraction of sp³-hybridized carbons (Fsp3) is 0.412. The molecule has 1 aromatic heterocycles. The summed E-state index contributed by atoms with van der Waals surface area (Å²) in [5, 5.41) is 15.3. The molecule has 9 nitrogen and oxygen atoms in total. The molecule has 0 spiro atoms. The summed E-state index contributed by atoms with van der Waals surface area (Å²) in [5.41, 5.74) is -1.76. The van der Waals surface area contributed by atoms with Gasteiger partial charge in [-0.05, 0) is 11.4 Å². The molecule has 3 heterocycles. The van der Waals surface area contributed by atoms with E-state index in [1.165, 1.54) is 37.1 Å². The van der Waals surface area contributed by atoms with E-state index < -0.39 is 34.9 Å². The van der Waals surface area contributed by atoms with Gasteiger partial charge >= 0.3 is 57.4 Å². The molecule has 2 aliphatic heterocycles. The second-order valence-electron chi connectivity index (χ2n) is 6.10. The minimum atomic E-state index is -1.66. The van der Waals surface area contributed by atoms with Crippen molar-refractivity contribution in [3.63, 3.8) is 0 Å². The molecule has 3 rings (SSSR count). The van der Waals surface area contributed by atoms with Gasteiger partial charge in [0.15, 0.2) is 0 Å². The Morgan fingerprint density at radius 3 is 2.69 bits per heavy atom. The van der Waals surface area contributed by atoms with E-state index in [9.17, 15) is 24.3 Å². The van der Waals surface area contributed by atoms with Crippen LogP contribution in [-0.2, 0) is 35.1 Å². The monoisotopic (exact) mass is 464 g/mol. The first-order valence-corrected chi connectivity index (χ1v) is 10.1. The molecule has 0 aromatic carbocycles. The second kappa shape index (κ2) is 10.0. The molecule has 0 aliphatic carbocycles. The van der Waals surface area contributed by atoms with Crippen LogP contribution in [0.1, 0.15) is 11.8 Å². The summed E-state index contributed by atoms with van der Waals surface area (Å²) in [7, 11) is 1.28. The Labute approximate surface area is 217 Å². The second-order valence-corrected chi connectivity index (χ2v) is 8.20. The van der Waals surface area contributed by atoms with Gasteiger partial charge in [0, 0.05) is 30.2 Å². The van der Waals surface area contributed by atoms with Crippen molar-refractivity contribution in [3.05, 3.63) is 33.7 Å². The summed E-state index contributed by atoms with van der Waals surface area (Å²) >= 11 is 2.62. The van der Waals surface area contributed by atoms with E-state index >= 15 is 0 Å². The number of methoxy groups -OCH3 is 1. The molecular formula is C17H17KN2O7S2. The molecule has 2 atom stereocenters. The number of carboxylic acid groups (broad SMARTS) is 1. The van der Waals surface area contributed by atoms with Crippen LogP contribution in [0.3, 0.4) is 0 Å². The molecule has 1 fully saturated rings. The number of carbonyl (C=O) groups excluding carboxylic acids is 4. The van der Waals surface area contributed by atoms with Crippen LogP contribution in [0.15, 0.2) is 28.8 Å². The smallest absolute Gasteiger partial charge is 0.543 e. The molecule has 2 amide bonds. The standard InChI is InChI=1S/C17H18N2O7S2.K/c1-9(20)26-7-10-8-28-16-17(25-2,15(24)19(16)13(10)14(22)23)18-12(21)6-11-4-3-5-27-11;/h3-5,16H,6-8H2,1-2H3,(H,18,21)(H,22,23);/q;+1/p-1/t16-,17+;/m1./s1. The number of thioether (sulfide) groups is 1. The van der Waals surface area contributed by atoms with Crippen LogP contribution in [0.4, 0.5) is 0 Å². The zero-order valence-corrected chi connectivity index (χ0v) is 20.8. The van der Waals surface area contributed by atoms with Crippen LogP contribution in [-0.4, -0.2) is 59.2 Å². The molecule has 1 aromatic rings. The molecule has 150 valence electrons. The molecule has 29 heavy (non-hydrogen) atoms. The average Bonchev–Trinajstić information content (AvgIpc) is 3.15. The fourth-order valence-electron chi connectivity index (χ4n) is 3.05. The van der Waals surface area contributed by atoms with Crippen LogP contribution < -0.4 is 61.8 Å². The average molecular weight is 465 g/mol. The van der Waals surface area contributed by atoms with Crippen LogP contribution in [0.25, 0.3) is 0 Å². The van der Waals surface area contributed by atoms with Gasteiger partial charge < -0.3 is 24.7 Å². The Balaban J connectivity index is 0.00000300. The molecule has 1 saturated heterocycles. The quantitative estimate of drug-likeness (QED) is 0.189. The summed E-state index contributed by atoms with van der Waals surface area (Å²) in [6, 6.07) is 3.61. The van der Waals surface area contributed by atoms with E-state index in [-0.39, 0.29) is 81.4 Å². The van der Waals surface area contributed by atoms with E-state index in [2.05, 4.69) is 5.32 Å². The third-order valence-corrected chi connectivity index (χ3v) is 6.57. The third kappa shape index (κ3) is 4.79. The maximum Gasteiger partial charge on any atom is 1.00 e. The number of hydrogen-bond donors (Lipinski definition) is 1. The number of carboxylic acids is 1. The first kappa shape index (κ1) is 24.5. The maximum absolute atomic E-state index is 12.8. The van der Waals surface area contributed by atoms with Gasteiger partial charge in [-0.3, -0.25) is 19.3 Å². The van der Waals surface area contributed by atoms with Crippen molar-refractivity contribution in [1.29, 1.82) is 0 Å². The van der Waals surface area contributed by atoms with Crippen molar-refractivity contribution in [1.82, 2.24) is 10.2 Å². The minimum Gasteiger partial charge on any atom is -0.543 e. The number of rotatable bonds is 7. The van der Waals surface area contributed by atoms with Crippen molar-refractivity contribution >= 4 is 46.9 Å². The summed E-state index contributed by atoms with van der Waals surface area (Å²) in [6.07, 6.45) is 0.0777. The van der Waals surface area contributed by atoms with Gasteiger partial charge in [-0.1, -0.05) is 6.07 Å². The van der Waals surface area contributed by atoms with Gasteiger partial charge in [0.2, 0.25) is 5.91 Å². The largest absolute Gasteiger partial charge is 1.00 e. The molecule has 0 radical (unpaired) electrons. The molecule has 0 bridgehead atoms. The molecule has 2 aliphatic rings. The SMILES string of the molecule is CO[C@@]1(NC(=O)Cc2cccs2)C(=O)N2C(C(=O)[O-])=C(COC(C)=O)CS[C@@H]21.[K+]. The Hall–Kier alpha value is -0.734. The van der Waals surface area contributed by atoms with Crippen molar-refractivity contribution in [2.75, 3.05) is 19.5 Å². The molecule has 0 saturated carbocycles. The summed E-state index contributed by atoms with van der Waals surface area (Å²) < 4.78 is 10.2. The zero-order chi connectivity index (χ0) is 20.5. The number of esters is 1. The van der Waals surface area contributed by atoms with Crippen molar-refractivity contribution in [2.45, 2.75) is 24.4 Å². The summed E-state index contributed by atoms with van der Waals surface area (Å²) in [5.74, 6) is -3.08. The zero-order valence-electron chi connectivity index (χ0n) is 16.1. The minimum absolute atomic E-state index is 0. The van der Waals surface area contributed by atoms with Crippen molar-refractivity contribution in [3.8, 4) is 0 Å². The van der Waals surface area contributed by atoms with E-state index in [0.717, 1.165) is 9.78 Å². The number of nitrogens with zero attached hydrogens (tertiary/aromatic N) is 1. The predicted molar refractivity (Wildman–Crippen MR) is 97.7 cm³/mol. The Morgan fingerprint density at radius 2 is 2.14 bits per heavy atom. The third-order valence-electron chi connectivity index (χ3n) is 4.32. The summed E-state index contributed by atoms with van der Waals surface area (Å²) in [4.78, 5) is 49.7. The molecular weight excluding hydrogens is 447 g/mol. The number of ether oxygens (including phenoxy) is 2. The Kier molecular flexibility index (Phi) is 8.50. The van der Waals surface area contributed by atoms with E-state index in [1.54, 1.807) is 6.07 Å². The number of β-lactam (4-membered cyclic amide) rings is 1. The number of carbonyl (C=O) groups is 4. The van der Waals surface area contributed by atoms with Crippen LogP contribution in [0.5, 0.6) is 0 Å². The van der Waals surface area contributed by atoms with Gasteiger partial charge in [0.25, 0.3) is 11.6 Å². The van der Waals surface area contributed by atoms with E-state index in [0.29, 0.717) is 0 Å². The number of aliphatic carboxylic acids is 1. The summed E-state index contributed by atoms with van der Waals surface area (Å²) in [6.45, 7) is 0.943. The van der Waals surface area contributed by atoms with Gasteiger partial charge in [-0.2, -0.15) is 0 Å². The Morgan fingerprint density at radius 1 is 1.41 bits per heavy atom. The van der Waals surface area contributed by atoms with Crippen LogP contribution in [0.2, 0.25) is 0 Å². The molecule has 12 heteroatoms. The van der Waals surface area contributed by atoms with Gasteiger partial charge in [0.1, 0.15) is 12.0 Å². The molecule has 0 unspecified atom stereocenters. The number of hydrogen-bond acceptors (Lipinski definition) is 9. The topological polar surface area (TPSA) is 125 Å². The first-order valence-electron chi connectivity index (χ1n) is 8.20. The fourth-order valence-corrected chi connectivity index (χ4v) is 5.18.